The molecule has 2 bridgehead atoms. The van der Waals surface area contributed by atoms with E-state index in [1.165, 1.54) is 13.0 Å². The number of nitrogens with zero attached hydrogens (tertiary/aromatic N) is 2. The number of carbonyl (C=O) groups excluding carboxylic acids is 1. The molecule has 3 heterocycles. The summed E-state index contributed by atoms with van der Waals surface area (Å²) in [5, 5.41) is 3.09. The SMILES string of the molecule is C[C@H](C1CC2CN1c1ccc(C(N)=O)nc1N2)C(F)(F)F. The van der Waals surface area contributed by atoms with Gasteiger partial charge in [0.15, 0.2) is 5.82 Å². The summed E-state index contributed by atoms with van der Waals surface area (Å²) >= 11 is 0. The van der Waals surface area contributed by atoms with Gasteiger partial charge in [-0.05, 0) is 18.6 Å². The Kier molecular flexibility index (Phi) is 3.00. The number of fused-ring (bicyclic) bond motifs is 4. The number of nitrogens with two attached hydrogens (primary N) is 1. The Morgan fingerprint density at radius 2 is 2.24 bits per heavy atom. The van der Waals surface area contributed by atoms with Gasteiger partial charge in [-0.3, -0.25) is 4.79 Å². The number of alkyl halides is 3. The van der Waals surface area contributed by atoms with Gasteiger partial charge in [0, 0.05) is 18.6 Å². The highest BCUT2D eigenvalue weighted by molar-refractivity contribution is 5.92. The maximum absolute atomic E-state index is 13.0. The summed E-state index contributed by atoms with van der Waals surface area (Å²) in [6, 6.07) is 2.33. The quantitative estimate of drug-likeness (QED) is 0.873. The van der Waals surface area contributed by atoms with Crippen molar-refractivity contribution >= 4 is 17.4 Å². The van der Waals surface area contributed by atoms with Gasteiger partial charge in [0.25, 0.3) is 5.91 Å². The minimum atomic E-state index is -4.23. The lowest BCUT2D eigenvalue weighted by Gasteiger charge is -2.34. The summed E-state index contributed by atoms with van der Waals surface area (Å²) in [5.74, 6) is -1.65. The second-order valence-electron chi connectivity index (χ2n) is 5.56. The third-order valence-corrected chi connectivity index (χ3v) is 4.21. The molecule has 0 saturated carbocycles. The fourth-order valence-corrected chi connectivity index (χ4v) is 3.06. The van der Waals surface area contributed by atoms with Crippen LogP contribution in [-0.4, -0.2) is 35.7 Å². The van der Waals surface area contributed by atoms with Crippen molar-refractivity contribution < 1.29 is 18.0 Å². The topological polar surface area (TPSA) is 71.2 Å². The smallest absolute Gasteiger partial charge is 0.364 e. The highest BCUT2D eigenvalue weighted by Gasteiger charge is 2.49. The van der Waals surface area contributed by atoms with Crippen LogP contribution >= 0.6 is 0 Å². The number of rotatable bonds is 2. The first-order valence-electron chi connectivity index (χ1n) is 6.68. The number of hydrogen-bond acceptors (Lipinski definition) is 4. The second kappa shape index (κ2) is 4.51. The van der Waals surface area contributed by atoms with E-state index in [4.69, 9.17) is 5.73 Å². The van der Waals surface area contributed by atoms with Crippen LogP contribution < -0.4 is 16.0 Å². The Morgan fingerprint density at radius 1 is 1.52 bits per heavy atom. The van der Waals surface area contributed by atoms with E-state index < -0.39 is 24.0 Å². The van der Waals surface area contributed by atoms with Gasteiger partial charge in [-0.2, -0.15) is 13.2 Å². The van der Waals surface area contributed by atoms with Crippen LogP contribution in [0.25, 0.3) is 0 Å². The second-order valence-corrected chi connectivity index (χ2v) is 5.56. The zero-order chi connectivity index (χ0) is 15.4. The molecule has 8 heteroatoms. The first-order valence-corrected chi connectivity index (χ1v) is 6.68. The number of nitrogens with one attached hydrogen (secondary N) is 1. The van der Waals surface area contributed by atoms with Crippen molar-refractivity contribution in [3.05, 3.63) is 17.8 Å². The first-order chi connectivity index (χ1) is 9.77. The summed E-state index contributed by atoms with van der Waals surface area (Å²) in [4.78, 5) is 17.0. The monoisotopic (exact) mass is 300 g/mol. The predicted molar refractivity (Wildman–Crippen MR) is 71.1 cm³/mol. The predicted octanol–water partition coefficient (Wildman–Crippen LogP) is 1.75. The summed E-state index contributed by atoms with van der Waals surface area (Å²) in [6.45, 7) is 1.71. The average molecular weight is 300 g/mol. The van der Waals surface area contributed by atoms with Crippen LogP contribution in [0.3, 0.4) is 0 Å². The lowest BCUT2D eigenvalue weighted by Crippen LogP contribution is -2.42. The van der Waals surface area contributed by atoms with Crippen LogP contribution in [0.1, 0.15) is 23.8 Å². The van der Waals surface area contributed by atoms with Gasteiger partial charge in [-0.15, -0.1) is 0 Å². The molecule has 3 rings (SSSR count). The minimum absolute atomic E-state index is 0.0945. The van der Waals surface area contributed by atoms with Gasteiger partial charge in [0.2, 0.25) is 0 Å². The third-order valence-electron chi connectivity index (χ3n) is 4.21. The molecule has 0 aliphatic carbocycles. The molecule has 2 aliphatic rings. The number of hydrogen-bond donors (Lipinski definition) is 2. The minimum Gasteiger partial charge on any atom is -0.364 e. The molecule has 1 aromatic heterocycles. The molecule has 3 atom stereocenters. The molecular formula is C13H15F3N4O. The zero-order valence-corrected chi connectivity index (χ0v) is 11.3. The van der Waals surface area contributed by atoms with Crippen LogP contribution in [0.5, 0.6) is 0 Å². The number of aromatic nitrogens is 1. The van der Waals surface area contributed by atoms with Crippen molar-refractivity contribution in [1.29, 1.82) is 0 Å². The van der Waals surface area contributed by atoms with E-state index in [-0.39, 0.29) is 11.7 Å². The van der Waals surface area contributed by atoms with Gasteiger partial charge >= 0.3 is 6.18 Å². The summed E-state index contributed by atoms with van der Waals surface area (Å²) < 4.78 is 38.9. The van der Waals surface area contributed by atoms with E-state index >= 15 is 0 Å². The lowest BCUT2D eigenvalue weighted by atomic mass is 9.98. The van der Waals surface area contributed by atoms with E-state index in [1.807, 2.05) is 0 Å². The maximum Gasteiger partial charge on any atom is 0.393 e. The van der Waals surface area contributed by atoms with Crippen molar-refractivity contribution in [3.63, 3.8) is 0 Å². The fraction of sp³-hybridized carbons (Fsp3) is 0.538. The molecule has 5 nitrogen and oxygen atoms in total. The van der Waals surface area contributed by atoms with E-state index in [2.05, 4.69) is 10.3 Å². The molecule has 2 unspecified atom stereocenters. The van der Waals surface area contributed by atoms with Crippen LogP contribution in [0.2, 0.25) is 0 Å². The number of amides is 1. The Labute approximate surface area is 119 Å². The van der Waals surface area contributed by atoms with Gasteiger partial charge in [0.1, 0.15) is 5.69 Å². The van der Waals surface area contributed by atoms with Crippen molar-refractivity contribution in [2.24, 2.45) is 11.7 Å². The molecular weight excluding hydrogens is 285 g/mol. The van der Waals surface area contributed by atoms with Gasteiger partial charge < -0.3 is 16.0 Å². The molecule has 1 saturated heterocycles. The number of halogens is 3. The van der Waals surface area contributed by atoms with Crippen LogP contribution in [0, 0.1) is 5.92 Å². The maximum atomic E-state index is 13.0. The van der Waals surface area contributed by atoms with Gasteiger partial charge in [-0.1, -0.05) is 6.92 Å². The van der Waals surface area contributed by atoms with Crippen LogP contribution in [0.15, 0.2) is 12.1 Å². The van der Waals surface area contributed by atoms with Crippen molar-refractivity contribution in [2.45, 2.75) is 31.6 Å². The van der Waals surface area contributed by atoms with E-state index in [1.54, 1.807) is 11.0 Å². The summed E-state index contributed by atoms with van der Waals surface area (Å²) in [7, 11) is 0. The fourth-order valence-electron chi connectivity index (χ4n) is 3.06. The molecule has 2 aliphatic heterocycles. The van der Waals surface area contributed by atoms with Gasteiger partial charge in [0.05, 0.1) is 11.6 Å². The number of primary amides is 1. The Morgan fingerprint density at radius 3 is 2.86 bits per heavy atom. The molecule has 1 aromatic rings. The molecule has 3 N–H and O–H groups in total. The van der Waals surface area contributed by atoms with E-state index in [0.717, 1.165) is 0 Å². The molecule has 1 fully saturated rings. The lowest BCUT2D eigenvalue weighted by molar-refractivity contribution is -0.174. The number of pyridine rings is 1. The largest absolute Gasteiger partial charge is 0.393 e. The molecule has 0 spiro atoms. The van der Waals surface area contributed by atoms with Crippen molar-refractivity contribution in [3.8, 4) is 0 Å². The summed E-state index contributed by atoms with van der Waals surface area (Å²) in [6.07, 6.45) is -3.84. The Hall–Kier alpha value is -1.99. The van der Waals surface area contributed by atoms with Crippen molar-refractivity contribution in [1.82, 2.24) is 4.98 Å². The van der Waals surface area contributed by atoms with Gasteiger partial charge in [-0.25, -0.2) is 4.98 Å². The molecule has 1 amide bonds. The molecule has 0 aromatic carbocycles. The third kappa shape index (κ3) is 2.28. The number of carbonyl (C=O) groups is 1. The number of anilines is 2. The van der Waals surface area contributed by atoms with Crippen LogP contribution in [-0.2, 0) is 0 Å². The first kappa shape index (κ1) is 14.0. The highest BCUT2D eigenvalue weighted by Crippen LogP contribution is 2.43. The van der Waals surface area contributed by atoms with E-state index in [9.17, 15) is 18.0 Å². The normalized spacial score (nSPS) is 25.2. The zero-order valence-electron chi connectivity index (χ0n) is 11.3. The molecule has 0 radical (unpaired) electrons. The Bertz CT molecular complexity index is 589. The average Bonchev–Trinajstić information content (AvgIpc) is 2.74. The van der Waals surface area contributed by atoms with Crippen LogP contribution in [0.4, 0.5) is 24.7 Å². The standard InChI is InChI=1S/C13H15F3N4O/c1-6(13(14,15)16)10-4-7-5-20(10)9-3-2-8(11(17)21)19-12(9)18-7/h2-3,6-7,10H,4-5H2,1H3,(H2,17,21)(H,18,19)/t6-,7?,10?/m1/s1. The van der Waals surface area contributed by atoms with E-state index in [0.29, 0.717) is 24.5 Å². The molecule has 114 valence electrons. The molecule has 21 heavy (non-hydrogen) atoms. The Balaban J connectivity index is 1.95. The highest BCUT2D eigenvalue weighted by atomic mass is 19.4. The van der Waals surface area contributed by atoms with Crippen molar-refractivity contribution in [2.75, 3.05) is 16.8 Å². The summed E-state index contributed by atoms with van der Waals surface area (Å²) in [5.41, 5.74) is 5.87.